The van der Waals surface area contributed by atoms with Crippen LogP contribution in [0.2, 0.25) is 0 Å². The molecule has 1 saturated heterocycles. The minimum Gasteiger partial charge on any atom is -0.314 e. The Morgan fingerprint density at radius 1 is 1.50 bits per heavy atom. The topological polar surface area (TPSA) is 29.1 Å². The Kier molecular flexibility index (Phi) is 4.54. The third kappa shape index (κ3) is 3.50. The lowest BCUT2D eigenvalue weighted by molar-refractivity contribution is 0.481. The Bertz CT molecular complexity index is 160. The van der Waals surface area contributed by atoms with Crippen molar-refractivity contribution in [1.82, 2.24) is 5.32 Å². The normalized spacial score (nSPS) is 30.0. The zero-order valence-corrected chi connectivity index (χ0v) is 8.24. The van der Waals surface area contributed by atoms with Crippen LogP contribution in [0.5, 0.6) is 0 Å². The van der Waals surface area contributed by atoms with E-state index in [1.54, 1.807) is 0 Å². The van der Waals surface area contributed by atoms with Crippen molar-refractivity contribution in [2.24, 2.45) is 0 Å². The molecule has 0 amide bonds. The number of rotatable bonds is 4. The highest BCUT2D eigenvalue weighted by Crippen LogP contribution is 2.08. The van der Waals surface area contributed by atoms with Gasteiger partial charge in [0.1, 0.15) is 0 Å². The fourth-order valence-corrected chi connectivity index (χ4v) is 2.69. The Morgan fingerprint density at radius 3 is 2.75 bits per heavy atom. The van der Waals surface area contributed by atoms with Crippen molar-refractivity contribution in [3.8, 4) is 0 Å². The molecule has 1 fully saturated rings. The van der Waals surface area contributed by atoms with Gasteiger partial charge in [0.2, 0.25) is 0 Å². The van der Waals surface area contributed by atoms with Crippen LogP contribution in [-0.4, -0.2) is 28.3 Å². The predicted molar refractivity (Wildman–Crippen MR) is 53.7 cm³/mol. The molecule has 2 nitrogen and oxygen atoms in total. The lowest BCUT2D eigenvalue weighted by atomic mass is 10.1. The van der Waals surface area contributed by atoms with E-state index in [1.807, 2.05) is 6.08 Å². The Morgan fingerprint density at radius 2 is 2.17 bits per heavy atom. The molecule has 1 aliphatic heterocycles. The maximum absolute atomic E-state index is 11.0. The third-order valence-corrected chi connectivity index (χ3v) is 3.55. The fraction of sp³-hybridized carbons (Fsp3) is 0.778. The van der Waals surface area contributed by atoms with E-state index in [0.717, 1.165) is 37.3 Å². The molecule has 0 aromatic rings. The molecule has 0 aromatic carbocycles. The Labute approximate surface area is 76.9 Å². The molecule has 0 aromatic heterocycles. The van der Waals surface area contributed by atoms with Gasteiger partial charge in [0.05, 0.1) is 0 Å². The summed E-state index contributed by atoms with van der Waals surface area (Å²) in [5, 5.41) is 3.44. The molecule has 0 bridgehead atoms. The van der Waals surface area contributed by atoms with Gasteiger partial charge < -0.3 is 5.32 Å². The quantitative estimate of drug-likeness (QED) is 0.527. The molecular formula is C9H17NOS. The summed E-state index contributed by atoms with van der Waals surface area (Å²) in [6.45, 7) is 4.68. The molecule has 1 heterocycles. The summed E-state index contributed by atoms with van der Waals surface area (Å²) in [4.78, 5) is 0. The van der Waals surface area contributed by atoms with Crippen LogP contribution in [0, 0.1) is 0 Å². The highest BCUT2D eigenvalue weighted by atomic mass is 32.2. The highest BCUT2D eigenvalue weighted by Gasteiger charge is 2.16. The monoisotopic (exact) mass is 187 g/mol. The largest absolute Gasteiger partial charge is 0.314 e. The van der Waals surface area contributed by atoms with E-state index in [9.17, 15) is 4.21 Å². The molecule has 0 unspecified atom stereocenters. The van der Waals surface area contributed by atoms with Crippen LogP contribution < -0.4 is 5.32 Å². The van der Waals surface area contributed by atoms with E-state index >= 15 is 0 Å². The molecule has 3 heteroatoms. The van der Waals surface area contributed by atoms with E-state index in [-0.39, 0.29) is 0 Å². The van der Waals surface area contributed by atoms with E-state index < -0.39 is 10.8 Å². The van der Waals surface area contributed by atoms with Gasteiger partial charge in [-0.2, -0.15) is 0 Å². The molecule has 0 aliphatic carbocycles. The summed E-state index contributed by atoms with van der Waals surface area (Å²) in [6, 6.07) is 0.600. The Balaban J connectivity index is 2.09. The predicted octanol–water partition coefficient (Wildman–Crippen LogP) is 1.06. The van der Waals surface area contributed by atoms with Gasteiger partial charge in [0, 0.05) is 28.3 Å². The van der Waals surface area contributed by atoms with Crippen LogP contribution in [-0.2, 0) is 10.8 Å². The first-order valence-corrected chi connectivity index (χ1v) is 6.01. The van der Waals surface area contributed by atoms with Crippen LogP contribution in [0.1, 0.15) is 19.3 Å². The molecule has 0 radical (unpaired) electrons. The highest BCUT2D eigenvalue weighted by molar-refractivity contribution is 7.85. The van der Waals surface area contributed by atoms with Crippen molar-refractivity contribution in [3.63, 3.8) is 0 Å². The fourth-order valence-electron chi connectivity index (χ4n) is 1.39. The number of hydrogen-bond acceptors (Lipinski definition) is 2. The summed E-state index contributed by atoms with van der Waals surface area (Å²) >= 11 is 0. The van der Waals surface area contributed by atoms with Gasteiger partial charge in [0.25, 0.3) is 0 Å². The van der Waals surface area contributed by atoms with Crippen LogP contribution in [0.3, 0.4) is 0 Å². The van der Waals surface area contributed by atoms with Gasteiger partial charge in [-0.1, -0.05) is 6.08 Å². The van der Waals surface area contributed by atoms with E-state index in [1.165, 1.54) is 0 Å². The molecule has 70 valence electrons. The van der Waals surface area contributed by atoms with Crippen molar-refractivity contribution < 1.29 is 4.21 Å². The molecule has 1 rings (SSSR count). The van der Waals surface area contributed by atoms with Gasteiger partial charge in [-0.15, -0.1) is 6.58 Å². The summed E-state index contributed by atoms with van der Waals surface area (Å²) in [5.41, 5.74) is 0. The lowest BCUT2D eigenvalue weighted by Crippen LogP contribution is -2.36. The molecule has 0 atom stereocenters. The lowest BCUT2D eigenvalue weighted by Gasteiger charge is -2.22. The van der Waals surface area contributed by atoms with Crippen molar-refractivity contribution in [2.45, 2.75) is 25.3 Å². The van der Waals surface area contributed by atoms with E-state index in [4.69, 9.17) is 0 Å². The first-order valence-electron chi connectivity index (χ1n) is 4.52. The van der Waals surface area contributed by atoms with Crippen LogP contribution in [0.25, 0.3) is 0 Å². The summed E-state index contributed by atoms with van der Waals surface area (Å²) in [5.74, 6) is 1.76. The zero-order valence-electron chi connectivity index (χ0n) is 7.42. The average molecular weight is 187 g/mol. The average Bonchev–Trinajstić information content (AvgIpc) is 2.09. The van der Waals surface area contributed by atoms with Crippen molar-refractivity contribution in [3.05, 3.63) is 12.7 Å². The summed E-state index contributed by atoms with van der Waals surface area (Å²) in [6.07, 6.45) is 5.10. The summed E-state index contributed by atoms with van der Waals surface area (Å²) in [7, 11) is -0.528. The second kappa shape index (κ2) is 5.49. The molecule has 0 spiro atoms. The maximum Gasteiger partial charge on any atom is 0.0249 e. The van der Waals surface area contributed by atoms with Crippen molar-refractivity contribution >= 4 is 10.8 Å². The van der Waals surface area contributed by atoms with Gasteiger partial charge in [-0.05, 0) is 25.8 Å². The molecular weight excluding hydrogens is 170 g/mol. The SMILES string of the molecule is C=CCCNC1CCS(=O)CC1. The Hall–Kier alpha value is -0.150. The first kappa shape index (κ1) is 9.93. The van der Waals surface area contributed by atoms with Crippen molar-refractivity contribution in [1.29, 1.82) is 0 Å². The van der Waals surface area contributed by atoms with Crippen LogP contribution >= 0.6 is 0 Å². The number of nitrogens with one attached hydrogen (secondary N) is 1. The maximum atomic E-state index is 11.0. The smallest absolute Gasteiger partial charge is 0.0249 e. The van der Waals surface area contributed by atoms with Crippen LogP contribution in [0.15, 0.2) is 12.7 Å². The molecule has 0 saturated carbocycles. The molecule has 1 aliphatic rings. The summed E-state index contributed by atoms with van der Waals surface area (Å²) < 4.78 is 11.0. The van der Waals surface area contributed by atoms with Gasteiger partial charge in [-0.3, -0.25) is 4.21 Å². The minimum absolute atomic E-state index is 0.528. The standard InChI is InChI=1S/C9H17NOS/c1-2-3-6-10-9-4-7-12(11)8-5-9/h2,9-10H,1,3-8H2. The second-order valence-corrected chi connectivity index (χ2v) is 4.85. The minimum atomic E-state index is -0.528. The van der Waals surface area contributed by atoms with Crippen molar-refractivity contribution in [2.75, 3.05) is 18.1 Å². The van der Waals surface area contributed by atoms with Crippen LogP contribution in [0.4, 0.5) is 0 Å². The first-order chi connectivity index (χ1) is 5.83. The second-order valence-electron chi connectivity index (χ2n) is 3.15. The van der Waals surface area contributed by atoms with Gasteiger partial charge in [-0.25, -0.2) is 0 Å². The van der Waals surface area contributed by atoms with Gasteiger partial charge >= 0.3 is 0 Å². The van der Waals surface area contributed by atoms with E-state index in [0.29, 0.717) is 6.04 Å². The number of hydrogen-bond donors (Lipinski definition) is 1. The third-order valence-electron chi connectivity index (χ3n) is 2.17. The van der Waals surface area contributed by atoms with E-state index in [2.05, 4.69) is 11.9 Å². The molecule has 1 N–H and O–H groups in total. The zero-order chi connectivity index (χ0) is 8.81. The molecule has 12 heavy (non-hydrogen) atoms. The van der Waals surface area contributed by atoms with Gasteiger partial charge in [0.15, 0.2) is 0 Å².